The Morgan fingerprint density at radius 1 is 1.29 bits per heavy atom. The fourth-order valence-electron chi connectivity index (χ4n) is 1.27. The summed E-state index contributed by atoms with van der Waals surface area (Å²) in [6, 6.07) is 4.73. The maximum atomic E-state index is 10.7. The molecule has 76 valence electrons. The van der Waals surface area contributed by atoms with Crippen molar-refractivity contribution in [3.05, 3.63) is 23.8 Å². The third-order valence-electron chi connectivity index (χ3n) is 2.03. The number of ketones is 1. The highest BCUT2D eigenvalue weighted by Gasteiger charge is 2.01. The maximum absolute atomic E-state index is 10.7. The molecule has 0 saturated carbocycles. The monoisotopic (exact) mass is 194 g/mol. The van der Waals surface area contributed by atoms with Gasteiger partial charge in [-0.05, 0) is 37.5 Å². The first-order valence-corrected chi connectivity index (χ1v) is 4.60. The molecule has 1 rings (SSSR count). The lowest BCUT2D eigenvalue weighted by molar-refractivity contribution is -0.117. The first-order chi connectivity index (χ1) is 6.59. The number of aryl methyl sites for hydroxylation is 1. The molecule has 3 heteroatoms. The smallest absolute Gasteiger partial charge is 0.157 e. The van der Waals surface area contributed by atoms with Gasteiger partial charge in [-0.15, -0.1) is 0 Å². The van der Waals surface area contributed by atoms with E-state index in [9.17, 15) is 9.90 Å². The molecule has 0 saturated heterocycles. The van der Waals surface area contributed by atoms with Gasteiger partial charge in [0.25, 0.3) is 0 Å². The van der Waals surface area contributed by atoms with E-state index in [1.165, 1.54) is 12.1 Å². The zero-order chi connectivity index (χ0) is 10.6. The number of aromatic hydroxyl groups is 2. The number of Topliss-reactive ketones (excluding diaryl/α,β-unsaturated/α-hetero) is 1. The van der Waals surface area contributed by atoms with Crippen LogP contribution in [-0.2, 0) is 11.2 Å². The Morgan fingerprint density at radius 3 is 2.57 bits per heavy atom. The molecule has 0 bridgehead atoms. The Hall–Kier alpha value is -1.51. The van der Waals surface area contributed by atoms with Crippen LogP contribution in [0.1, 0.15) is 25.3 Å². The summed E-state index contributed by atoms with van der Waals surface area (Å²) < 4.78 is 0. The van der Waals surface area contributed by atoms with Crippen molar-refractivity contribution >= 4 is 5.78 Å². The third-order valence-corrected chi connectivity index (χ3v) is 2.03. The molecular weight excluding hydrogens is 180 g/mol. The van der Waals surface area contributed by atoms with Gasteiger partial charge >= 0.3 is 0 Å². The number of phenolic OH excluding ortho intramolecular Hbond substituents is 2. The molecule has 0 heterocycles. The number of hydrogen-bond acceptors (Lipinski definition) is 3. The van der Waals surface area contributed by atoms with E-state index in [1.54, 1.807) is 13.0 Å². The molecule has 1 aromatic carbocycles. The largest absolute Gasteiger partial charge is 0.504 e. The average Bonchev–Trinajstić information content (AvgIpc) is 2.10. The van der Waals surface area contributed by atoms with E-state index in [1.807, 2.05) is 0 Å². The molecule has 0 atom stereocenters. The van der Waals surface area contributed by atoms with E-state index in [2.05, 4.69) is 0 Å². The van der Waals surface area contributed by atoms with E-state index in [4.69, 9.17) is 5.11 Å². The van der Waals surface area contributed by atoms with Crippen LogP contribution >= 0.6 is 0 Å². The van der Waals surface area contributed by atoms with Crippen LogP contribution in [0.25, 0.3) is 0 Å². The second kappa shape index (κ2) is 4.65. The molecular formula is C11H14O3. The van der Waals surface area contributed by atoms with Crippen molar-refractivity contribution in [1.29, 1.82) is 0 Å². The second-order valence-corrected chi connectivity index (χ2v) is 3.38. The van der Waals surface area contributed by atoms with Gasteiger partial charge in [0, 0.05) is 6.42 Å². The molecule has 0 aromatic heterocycles. The van der Waals surface area contributed by atoms with Crippen LogP contribution in [-0.4, -0.2) is 16.0 Å². The van der Waals surface area contributed by atoms with Crippen molar-refractivity contribution in [2.75, 3.05) is 0 Å². The lowest BCUT2D eigenvalue weighted by atomic mass is 10.1. The second-order valence-electron chi connectivity index (χ2n) is 3.38. The SMILES string of the molecule is CC(=O)CCCc1ccc(O)c(O)c1. The molecule has 0 amide bonds. The number of rotatable bonds is 4. The Morgan fingerprint density at radius 2 is 2.00 bits per heavy atom. The van der Waals surface area contributed by atoms with Gasteiger partial charge in [0.1, 0.15) is 5.78 Å². The number of hydrogen-bond donors (Lipinski definition) is 2. The maximum Gasteiger partial charge on any atom is 0.157 e. The van der Waals surface area contributed by atoms with Gasteiger partial charge in [-0.2, -0.15) is 0 Å². The van der Waals surface area contributed by atoms with Crippen LogP contribution in [0.2, 0.25) is 0 Å². The van der Waals surface area contributed by atoms with Gasteiger partial charge in [-0.3, -0.25) is 0 Å². The van der Waals surface area contributed by atoms with Crippen LogP contribution in [0, 0.1) is 0 Å². The molecule has 0 aliphatic carbocycles. The molecule has 0 aliphatic rings. The van der Waals surface area contributed by atoms with Crippen molar-refractivity contribution in [1.82, 2.24) is 0 Å². The molecule has 0 aliphatic heterocycles. The quantitative estimate of drug-likeness (QED) is 0.721. The number of carbonyl (C=O) groups is 1. The van der Waals surface area contributed by atoms with Gasteiger partial charge in [0.15, 0.2) is 11.5 Å². The van der Waals surface area contributed by atoms with Crippen LogP contribution in [0.4, 0.5) is 0 Å². The van der Waals surface area contributed by atoms with Crippen molar-refractivity contribution in [2.45, 2.75) is 26.2 Å². The minimum Gasteiger partial charge on any atom is -0.504 e. The summed E-state index contributed by atoms with van der Waals surface area (Å²) in [6.07, 6.45) is 2.08. The van der Waals surface area contributed by atoms with Crippen molar-refractivity contribution < 1.29 is 15.0 Å². The van der Waals surface area contributed by atoms with E-state index in [0.717, 1.165) is 18.4 Å². The molecule has 0 fully saturated rings. The zero-order valence-corrected chi connectivity index (χ0v) is 8.16. The van der Waals surface area contributed by atoms with Gasteiger partial charge in [-0.25, -0.2) is 0 Å². The highest BCUT2D eigenvalue weighted by atomic mass is 16.3. The van der Waals surface area contributed by atoms with Gasteiger partial charge in [0.2, 0.25) is 0 Å². The van der Waals surface area contributed by atoms with Crippen molar-refractivity contribution in [3.8, 4) is 11.5 Å². The van der Waals surface area contributed by atoms with E-state index in [0.29, 0.717) is 6.42 Å². The van der Waals surface area contributed by atoms with Gasteiger partial charge < -0.3 is 15.0 Å². The number of carbonyl (C=O) groups excluding carboxylic acids is 1. The molecule has 2 N–H and O–H groups in total. The van der Waals surface area contributed by atoms with E-state index in [-0.39, 0.29) is 17.3 Å². The summed E-state index contributed by atoms with van der Waals surface area (Å²) in [5, 5.41) is 18.2. The molecule has 14 heavy (non-hydrogen) atoms. The molecule has 0 radical (unpaired) electrons. The van der Waals surface area contributed by atoms with E-state index >= 15 is 0 Å². The Bertz CT molecular complexity index is 331. The Labute approximate surface area is 83.0 Å². The van der Waals surface area contributed by atoms with E-state index < -0.39 is 0 Å². The van der Waals surface area contributed by atoms with Crippen LogP contribution in [0.5, 0.6) is 11.5 Å². The number of phenols is 2. The highest BCUT2D eigenvalue weighted by Crippen LogP contribution is 2.25. The molecule has 1 aromatic rings. The summed E-state index contributed by atoms with van der Waals surface area (Å²) in [6.45, 7) is 1.56. The standard InChI is InChI=1S/C11H14O3/c1-8(12)3-2-4-9-5-6-10(13)11(14)7-9/h5-7,13-14H,2-4H2,1H3. The fourth-order valence-corrected chi connectivity index (χ4v) is 1.27. The molecule has 3 nitrogen and oxygen atoms in total. The fraction of sp³-hybridized carbons (Fsp3) is 0.364. The summed E-state index contributed by atoms with van der Waals surface area (Å²) in [7, 11) is 0. The topological polar surface area (TPSA) is 57.5 Å². The summed E-state index contributed by atoms with van der Waals surface area (Å²) >= 11 is 0. The lowest BCUT2D eigenvalue weighted by Gasteiger charge is -2.02. The highest BCUT2D eigenvalue weighted by molar-refractivity contribution is 5.75. The Balaban J connectivity index is 2.51. The first-order valence-electron chi connectivity index (χ1n) is 4.60. The van der Waals surface area contributed by atoms with Crippen LogP contribution in [0.15, 0.2) is 18.2 Å². The normalized spacial score (nSPS) is 10.1. The predicted molar refractivity (Wildman–Crippen MR) is 53.4 cm³/mol. The van der Waals surface area contributed by atoms with Gasteiger partial charge in [-0.1, -0.05) is 6.07 Å². The number of benzene rings is 1. The predicted octanol–water partition coefficient (Wildman–Crippen LogP) is 2.01. The average molecular weight is 194 g/mol. The first kappa shape index (κ1) is 10.6. The Kier molecular flexibility index (Phi) is 3.51. The minimum absolute atomic E-state index is 0.106. The third kappa shape index (κ3) is 3.09. The summed E-state index contributed by atoms with van der Waals surface area (Å²) in [5.41, 5.74) is 0.932. The molecule has 0 unspecified atom stereocenters. The summed E-state index contributed by atoms with van der Waals surface area (Å²) in [4.78, 5) is 10.7. The van der Waals surface area contributed by atoms with Crippen molar-refractivity contribution in [2.24, 2.45) is 0 Å². The minimum atomic E-state index is -0.111. The van der Waals surface area contributed by atoms with Crippen molar-refractivity contribution in [3.63, 3.8) is 0 Å². The van der Waals surface area contributed by atoms with Crippen LogP contribution in [0.3, 0.4) is 0 Å². The lowest BCUT2D eigenvalue weighted by Crippen LogP contribution is -1.92. The summed E-state index contributed by atoms with van der Waals surface area (Å²) in [5.74, 6) is -0.0429. The van der Waals surface area contributed by atoms with Crippen LogP contribution < -0.4 is 0 Å². The zero-order valence-electron chi connectivity index (χ0n) is 8.16. The van der Waals surface area contributed by atoms with Gasteiger partial charge in [0.05, 0.1) is 0 Å². The molecule has 0 spiro atoms.